The average molecular weight is 353 g/mol. The summed E-state index contributed by atoms with van der Waals surface area (Å²) >= 11 is 0. The van der Waals surface area contributed by atoms with E-state index in [4.69, 9.17) is 19.9 Å². The molecule has 3 N–H and O–H groups in total. The molecular formula is C19H19N3O4. The summed E-state index contributed by atoms with van der Waals surface area (Å²) < 4.78 is 16.4. The minimum atomic E-state index is 0.00799. The number of phenolic OH excluding ortho intramolecular Hbond substituents is 1. The molecule has 3 aromatic rings. The van der Waals surface area contributed by atoms with Crippen LogP contribution in [-0.2, 0) is 0 Å². The van der Waals surface area contributed by atoms with E-state index in [0.717, 1.165) is 5.75 Å². The zero-order chi connectivity index (χ0) is 18.5. The number of benzene rings is 2. The molecule has 0 radical (unpaired) electrons. The van der Waals surface area contributed by atoms with Crippen molar-refractivity contribution in [2.75, 3.05) is 19.5 Å². The van der Waals surface area contributed by atoms with Crippen LogP contribution in [0.25, 0.3) is 11.3 Å². The fourth-order valence-electron chi connectivity index (χ4n) is 2.39. The predicted octanol–water partition coefficient (Wildman–Crippen LogP) is 3.63. The second-order valence-electron chi connectivity index (χ2n) is 5.33. The van der Waals surface area contributed by atoms with Crippen LogP contribution in [0, 0.1) is 0 Å². The third-order valence-electron chi connectivity index (χ3n) is 3.60. The van der Waals surface area contributed by atoms with Crippen LogP contribution >= 0.6 is 0 Å². The van der Waals surface area contributed by atoms with Crippen molar-refractivity contribution in [1.82, 2.24) is 9.97 Å². The molecule has 0 saturated heterocycles. The number of hydrogen-bond acceptors (Lipinski definition) is 7. The van der Waals surface area contributed by atoms with E-state index in [1.807, 2.05) is 6.92 Å². The highest BCUT2D eigenvalue weighted by atomic mass is 16.5. The van der Waals surface area contributed by atoms with Gasteiger partial charge in [0.15, 0.2) is 5.75 Å². The molecule has 0 saturated carbocycles. The molecule has 0 spiro atoms. The summed E-state index contributed by atoms with van der Waals surface area (Å²) in [5, 5.41) is 10.4. The molecule has 0 atom stereocenters. The summed E-state index contributed by atoms with van der Waals surface area (Å²) in [6.07, 6.45) is 1.47. The Morgan fingerprint density at radius 2 is 1.73 bits per heavy atom. The molecule has 1 heterocycles. The smallest absolute Gasteiger partial charge is 0.220 e. The number of ether oxygens (including phenoxy) is 3. The van der Waals surface area contributed by atoms with Gasteiger partial charge < -0.3 is 25.1 Å². The van der Waals surface area contributed by atoms with Crippen molar-refractivity contribution in [2.45, 2.75) is 6.92 Å². The first-order chi connectivity index (χ1) is 12.6. The molecule has 26 heavy (non-hydrogen) atoms. The first kappa shape index (κ1) is 17.3. The topological polar surface area (TPSA) is 99.7 Å². The molecule has 0 bridgehead atoms. The Labute approximate surface area is 151 Å². The number of rotatable bonds is 6. The highest BCUT2D eigenvalue weighted by Gasteiger charge is 2.15. The van der Waals surface area contributed by atoms with Gasteiger partial charge in [0.25, 0.3) is 0 Å². The fourth-order valence-corrected chi connectivity index (χ4v) is 2.39. The third kappa shape index (κ3) is 3.77. The number of anilines is 1. The van der Waals surface area contributed by atoms with Crippen molar-refractivity contribution in [3.05, 3.63) is 48.7 Å². The fraction of sp³-hybridized carbons (Fsp3) is 0.158. The molecule has 134 valence electrons. The van der Waals surface area contributed by atoms with Crippen molar-refractivity contribution in [3.63, 3.8) is 0 Å². The molecule has 0 fully saturated rings. The Balaban J connectivity index is 1.97. The molecular weight excluding hydrogens is 334 g/mol. The second kappa shape index (κ2) is 7.60. The van der Waals surface area contributed by atoms with Gasteiger partial charge in [0, 0.05) is 11.6 Å². The van der Waals surface area contributed by atoms with Gasteiger partial charge in [-0.15, -0.1) is 0 Å². The number of aromatic nitrogens is 2. The minimum Gasteiger partial charge on any atom is -0.507 e. The lowest BCUT2D eigenvalue weighted by atomic mass is 10.1. The van der Waals surface area contributed by atoms with E-state index in [0.29, 0.717) is 35.1 Å². The lowest BCUT2D eigenvalue weighted by molar-refractivity contribution is 0.338. The van der Waals surface area contributed by atoms with Crippen LogP contribution < -0.4 is 19.9 Å². The third-order valence-corrected chi connectivity index (χ3v) is 3.60. The molecule has 2 aromatic carbocycles. The Kier molecular flexibility index (Phi) is 5.07. The monoisotopic (exact) mass is 353 g/mol. The van der Waals surface area contributed by atoms with E-state index in [-0.39, 0.29) is 11.7 Å². The first-order valence-electron chi connectivity index (χ1n) is 8.01. The van der Waals surface area contributed by atoms with E-state index in [2.05, 4.69) is 9.97 Å². The van der Waals surface area contributed by atoms with Crippen LogP contribution in [0.4, 0.5) is 5.95 Å². The summed E-state index contributed by atoms with van der Waals surface area (Å²) in [7, 11) is 1.59. The number of phenols is 1. The van der Waals surface area contributed by atoms with Gasteiger partial charge in [-0.25, -0.2) is 9.97 Å². The standard InChI is InChI=1S/C19H19N3O4/c1-3-25-14-8-9-15(16(23)10-14)18-17(11-21-19(20)22-18)26-13-6-4-12(24-2)5-7-13/h4-11,23H,3H2,1-2H3,(H2,20,21,22). The van der Waals surface area contributed by atoms with Crippen LogP contribution in [0.2, 0.25) is 0 Å². The van der Waals surface area contributed by atoms with Crippen molar-refractivity contribution in [1.29, 1.82) is 0 Å². The SMILES string of the molecule is CCOc1ccc(-c2nc(N)ncc2Oc2ccc(OC)cc2)c(O)c1. The normalized spacial score (nSPS) is 10.4. The van der Waals surface area contributed by atoms with Crippen LogP contribution in [0.1, 0.15) is 6.92 Å². The predicted molar refractivity (Wildman–Crippen MR) is 97.8 cm³/mol. The van der Waals surface area contributed by atoms with Gasteiger partial charge in [-0.05, 0) is 43.3 Å². The van der Waals surface area contributed by atoms with Crippen LogP contribution in [0.5, 0.6) is 28.7 Å². The molecule has 1 aromatic heterocycles. The van der Waals surface area contributed by atoms with Crippen LogP contribution in [0.15, 0.2) is 48.7 Å². The zero-order valence-electron chi connectivity index (χ0n) is 14.5. The van der Waals surface area contributed by atoms with Gasteiger partial charge in [0.05, 0.1) is 19.9 Å². The van der Waals surface area contributed by atoms with Crippen molar-refractivity contribution < 1.29 is 19.3 Å². The number of nitrogen functional groups attached to an aromatic ring is 1. The van der Waals surface area contributed by atoms with E-state index >= 15 is 0 Å². The van der Waals surface area contributed by atoms with E-state index < -0.39 is 0 Å². The maximum absolute atomic E-state index is 10.4. The van der Waals surface area contributed by atoms with Gasteiger partial charge >= 0.3 is 0 Å². The second-order valence-corrected chi connectivity index (χ2v) is 5.33. The number of nitrogens with two attached hydrogens (primary N) is 1. The Bertz CT molecular complexity index is 898. The highest BCUT2D eigenvalue weighted by molar-refractivity contribution is 5.73. The van der Waals surface area contributed by atoms with Gasteiger partial charge in [-0.3, -0.25) is 0 Å². The quantitative estimate of drug-likeness (QED) is 0.698. The molecule has 7 nitrogen and oxygen atoms in total. The van der Waals surface area contributed by atoms with E-state index in [1.165, 1.54) is 12.3 Å². The Morgan fingerprint density at radius 3 is 2.38 bits per heavy atom. The minimum absolute atomic E-state index is 0.00799. The van der Waals surface area contributed by atoms with Gasteiger partial charge in [0.2, 0.25) is 5.95 Å². The Hall–Kier alpha value is -3.48. The number of aromatic hydroxyl groups is 1. The molecule has 0 unspecified atom stereocenters. The first-order valence-corrected chi connectivity index (χ1v) is 8.01. The average Bonchev–Trinajstić information content (AvgIpc) is 2.64. The van der Waals surface area contributed by atoms with Crippen molar-refractivity contribution in [3.8, 4) is 40.0 Å². The molecule has 3 rings (SSSR count). The van der Waals surface area contributed by atoms with Crippen LogP contribution in [0.3, 0.4) is 0 Å². The van der Waals surface area contributed by atoms with Crippen molar-refractivity contribution >= 4 is 5.95 Å². The van der Waals surface area contributed by atoms with Gasteiger partial charge in [-0.1, -0.05) is 0 Å². The summed E-state index contributed by atoms with van der Waals surface area (Å²) in [5.74, 6) is 2.31. The number of hydrogen-bond donors (Lipinski definition) is 2. The molecule has 7 heteroatoms. The molecule has 0 aliphatic heterocycles. The van der Waals surface area contributed by atoms with Gasteiger partial charge in [-0.2, -0.15) is 0 Å². The van der Waals surface area contributed by atoms with Gasteiger partial charge in [0.1, 0.15) is 28.7 Å². The number of methoxy groups -OCH3 is 1. The largest absolute Gasteiger partial charge is 0.507 e. The summed E-state index contributed by atoms with van der Waals surface area (Å²) in [5.41, 5.74) is 6.57. The summed E-state index contributed by atoms with van der Waals surface area (Å²) in [6, 6.07) is 12.0. The molecule has 0 aliphatic rings. The number of nitrogens with zero attached hydrogens (tertiary/aromatic N) is 2. The molecule has 0 amide bonds. The Morgan fingerprint density at radius 1 is 1.04 bits per heavy atom. The van der Waals surface area contributed by atoms with E-state index in [9.17, 15) is 5.11 Å². The molecule has 0 aliphatic carbocycles. The summed E-state index contributed by atoms with van der Waals surface area (Å²) in [6.45, 7) is 2.38. The lowest BCUT2D eigenvalue weighted by Crippen LogP contribution is -1.99. The maximum atomic E-state index is 10.4. The van der Waals surface area contributed by atoms with Crippen molar-refractivity contribution in [2.24, 2.45) is 0 Å². The zero-order valence-corrected chi connectivity index (χ0v) is 14.5. The van der Waals surface area contributed by atoms with E-state index in [1.54, 1.807) is 43.5 Å². The highest BCUT2D eigenvalue weighted by Crippen LogP contribution is 2.38. The maximum Gasteiger partial charge on any atom is 0.220 e. The van der Waals surface area contributed by atoms with Crippen LogP contribution in [-0.4, -0.2) is 28.8 Å². The lowest BCUT2D eigenvalue weighted by Gasteiger charge is -2.13. The summed E-state index contributed by atoms with van der Waals surface area (Å²) in [4.78, 5) is 8.21.